The van der Waals surface area contributed by atoms with E-state index in [2.05, 4.69) is 27.9 Å². The Labute approximate surface area is 63.3 Å². The van der Waals surface area contributed by atoms with Crippen LogP contribution >= 0.6 is 22.6 Å². The summed E-state index contributed by atoms with van der Waals surface area (Å²) in [7, 11) is 0. The van der Waals surface area contributed by atoms with E-state index >= 15 is 0 Å². The van der Waals surface area contributed by atoms with Gasteiger partial charge in [0.1, 0.15) is 0 Å². The molecule has 2 nitrogen and oxygen atoms in total. The summed E-state index contributed by atoms with van der Waals surface area (Å²) in [5, 5.41) is 3.25. The molecule has 1 heterocycles. The highest BCUT2D eigenvalue weighted by molar-refractivity contribution is 14.1. The molecule has 8 heavy (non-hydrogen) atoms. The third-order valence-electron chi connectivity index (χ3n) is 1.33. The van der Waals surface area contributed by atoms with E-state index in [1.807, 2.05) is 0 Å². The summed E-state index contributed by atoms with van der Waals surface area (Å²) >= 11 is 2.43. The Kier molecular flexibility index (Phi) is 2.52. The fourth-order valence-electron chi connectivity index (χ4n) is 0.921. The molecule has 3 heteroatoms. The molecule has 0 saturated carbocycles. The van der Waals surface area contributed by atoms with Gasteiger partial charge in [0, 0.05) is 23.1 Å². The van der Waals surface area contributed by atoms with Crippen molar-refractivity contribution in [3.05, 3.63) is 0 Å². The van der Waals surface area contributed by atoms with Gasteiger partial charge in [-0.15, -0.1) is 0 Å². The molecule has 3 N–H and O–H groups in total. The Morgan fingerprint density at radius 3 is 2.62 bits per heavy atom. The number of nitrogens with one attached hydrogen (secondary N) is 1. The molecule has 1 aliphatic rings. The highest BCUT2D eigenvalue weighted by Crippen LogP contribution is 2.09. The first-order valence-electron chi connectivity index (χ1n) is 2.89. The fraction of sp³-hybridized carbons (Fsp3) is 1.00. The maximum atomic E-state index is 5.66. The number of alkyl halides is 1. The molecule has 0 aromatic carbocycles. The lowest BCUT2D eigenvalue weighted by Gasteiger charge is -2.22. The van der Waals surface area contributed by atoms with Crippen molar-refractivity contribution in [2.24, 2.45) is 5.73 Å². The van der Waals surface area contributed by atoms with Crippen molar-refractivity contribution in [1.82, 2.24) is 5.32 Å². The SMILES string of the molecule is N[C@H]1CNC[C@H](I)C1. The average Bonchev–Trinajstić information content (AvgIpc) is 1.64. The largest absolute Gasteiger partial charge is 0.327 e. The van der Waals surface area contributed by atoms with E-state index in [1.54, 1.807) is 0 Å². The summed E-state index contributed by atoms with van der Waals surface area (Å²) in [4.78, 5) is 0. The van der Waals surface area contributed by atoms with Gasteiger partial charge in [0.15, 0.2) is 0 Å². The molecule has 0 aliphatic carbocycles. The Hall–Kier alpha value is 0.650. The second-order valence-electron chi connectivity index (χ2n) is 2.25. The molecule has 48 valence electrons. The molecule has 0 aromatic rings. The van der Waals surface area contributed by atoms with E-state index in [0.29, 0.717) is 6.04 Å². The lowest BCUT2D eigenvalue weighted by atomic mass is 10.1. The van der Waals surface area contributed by atoms with Crippen LogP contribution in [0.4, 0.5) is 0 Å². The summed E-state index contributed by atoms with van der Waals surface area (Å²) in [5.41, 5.74) is 5.66. The minimum atomic E-state index is 0.394. The monoisotopic (exact) mass is 226 g/mol. The first kappa shape index (κ1) is 6.77. The molecule has 0 radical (unpaired) electrons. The van der Waals surface area contributed by atoms with Crippen molar-refractivity contribution in [3.8, 4) is 0 Å². The van der Waals surface area contributed by atoms with Crippen molar-refractivity contribution < 1.29 is 0 Å². The van der Waals surface area contributed by atoms with Crippen LogP contribution in [0.15, 0.2) is 0 Å². The Morgan fingerprint density at radius 2 is 2.25 bits per heavy atom. The molecular formula is C5H11IN2. The number of rotatable bonds is 0. The standard InChI is InChI=1S/C5H11IN2/c6-4-1-5(7)3-8-2-4/h4-5,8H,1-3,7H2/t4-,5-/m1/s1. The first-order chi connectivity index (χ1) is 3.79. The Morgan fingerprint density at radius 1 is 1.50 bits per heavy atom. The minimum absolute atomic E-state index is 0.394. The number of hydrogen-bond acceptors (Lipinski definition) is 2. The molecule has 0 bridgehead atoms. The van der Waals surface area contributed by atoms with Gasteiger partial charge in [-0.05, 0) is 6.42 Å². The number of nitrogens with two attached hydrogens (primary N) is 1. The van der Waals surface area contributed by atoms with Crippen molar-refractivity contribution in [2.75, 3.05) is 13.1 Å². The normalized spacial score (nSPS) is 39.8. The van der Waals surface area contributed by atoms with Crippen molar-refractivity contribution in [2.45, 2.75) is 16.4 Å². The predicted octanol–water partition coefficient (Wildman–Crippen LogP) is 0.111. The number of hydrogen-bond donors (Lipinski definition) is 2. The zero-order chi connectivity index (χ0) is 5.98. The van der Waals surface area contributed by atoms with Crippen LogP contribution in [0.25, 0.3) is 0 Å². The van der Waals surface area contributed by atoms with Crippen molar-refractivity contribution in [1.29, 1.82) is 0 Å². The topological polar surface area (TPSA) is 38.0 Å². The van der Waals surface area contributed by atoms with E-state index in [9.17, 15) is 0 Å². The van der Waals surface area contributed by atoms with Gasteiger partial charge in [0.25, 0.3) is 0 Å². The lowest BCUT2D eigenvalue weighted by Crippen LogP contribution is -2.44. The van der Waals surface area contributed by atoms with E-state index in [4.69, 9.17) is 5.73 Å². The van der Waals surface area contributed by atoms with Gasteiger partial charge in [-0.1, -0.05) is 22.6 Å². The van der Waals surface area contributed by atoms with E-state index in [0.717, 1.165) is 17.0 Å². The molecule has 0 unspecified atom stereocenters. The summed E-state index contributed by atoms with van der Waals surface area (Å²) in [5.74, 6) is 0. The Bertz CT molecular complexity index is 68.8. The average molecular weight is 226 g/mol. The number of piperidine rings is 1. The van der Waals surface area contributed by atoms with Crippen LogP contribution in [0.3, 0.4) is 0 Å². The van der Waals surface area contributed by atoms with Gasteiger partial charge < -0.3 is 11.1 Å². The molecule has 1 saturated heterocycles. The molecule has 1 fully saturated rings. The van der Waals surface area contributed by atoms with E-state index in [1.165, 1.54) is 6.42 Å². The third kappa shape index (κ3) is 1.87. The molecule has 1 aliphatic heterocycles. The maximum absolute atomic E-state index is 5.66. The van der Waals surface area contributed by atoms with Gasteiger partial charge in [0.05, 0.1) is 0 Å². The predicted molar refractivity (Wildman–Crippen MR) is 43.3 cm³/mol. The van der Waals surface area contributed by atoms with Crippen LogP contribution in [0.5, 0.6) is 0 Å². The lowest BCUT2D eigenvalue weighted by molar-refractivity contribution is 0.478. The number of halogens is 1. The first-order valence-corrected chi connectivity index (χ1v) is 4.14. The van der Waals surface area contributed by atoms with Gasteiger partial charge in [-0.25, -0.2) is 0 Å². The highest BCUT2D eigenvalue weighted by Gasteiger charge is 2.14. The maximum Gasteiger partial charge on any atom is 0.0250 e. The quantitative estimate of drug-likeness (QED) is 0.454. The Balaban J connectivity index is 2.23. The molecule has 2 atom stereocenters. The van der Waals surface area contributed by atoms with Gasteiger partial charge in [-0.3, -0.25) is 0 Å². The van der Waals surface area contributed by atoms with Crippen LogP contribution in [0.1, 0.15) is 6.42 Å². The summed E-state index contributed by atoms with van der Waals surface area (Å²) in [6.07, 6.45) is 1.17. The smallest absolute Gasteiger partial charge is 0.0250 e. The fourth-order valence-corrected chi connectivity index (χ4v) is 1.89. The van der Waals surface area contributed by atoms with E-state index in [-0.39, 0.29) is 0 Å². The van der Waals surface area contributed by atoms with Gasteiger partial charge in [0.2, 0.25) is 0 Å². The van der Waals surface area contributed by atoms with Gasteiger partial charge in [-0.2, -0.15) is 0 Å². The van der Waals surface area contributed by atoms with Crippen LogP contribution in [-0.4, -0.2) is 23.1 Å². The molecular weight excluding hydrogens is 215 g/mol. The third-order valence-corrected chi connectivity index (χ3v) is 2.28. The molecule has 0 amide bonds. The van der Waals surface area contributed by atoms with E-state index < -0.39 is 0 Å². The highest BCUT2D eigenvalue weighted by atomic mass is 127. The van der Waals surface area contributed by atoms with Crippen LogP contribution in [0, 0.1) is 0 Å². The van der Waals surface area contributed by atoms with Crippen LogP contribution in [0.2, 0.25) is 0 Å². The summed E-state index contributed by atoms with van der Waals surface area (Å²) in [6, 6.07) is 0.394. The minimum Gasteiger partial charge on any atom is -0.327 e. The second kappa shape index (κ2) is 2.98. The summed E-state index contributed by atoms with van der Waals surface area (Å²) < 4.78 is 0.747. The van der Waals surface area contributed by atoms with Crippen molar-refractivity contribution >= 4 is 22.6 Å². The van der Waals surface area contributed by atoms with Gasteiger partial charge >= 0.3 is 0 Å². The zero-order valence-electron chi connectivity index (χ0n) is 4.73. The van der Waals surface area contributed by atoms with Crippen LogP contribution in [-0.2, 0) is 0 Å². The zero-order valence-corrected chi connectivity index (χ0v) is 6.89. The summed E-state index contributed by atoms with van der Waals surface area (Å²) in [6.45, 7) is 2.13. The second-order valence-corrected chi connectivity index (χ2v) is 4.01. The van der Waals surface area contributed by atoms with Crippen LogP contribution < -0.4 is 11.1 Å². The molecule has 1 rings (SSSR count). The van der Waals surface area contributed by atoms with Crippen molar-refractivity contribution in [3.63, 3.8) is 0 Å². The molecule has 0 aromatic heterocycles. The molecule has 0 spiro atoms.